The van der Waals surface area contributed by atoms with Crippen LogP contribution in [0.1, 0.15) is 0 Å². The van der Waals surface area contributed by atoms with E-state index < -0.39 is 17.9 Å². The van der Waals surface area contributed by atoms with E-state index >= 15 is 0 Å². The summed E-state index contributed by atoms with van der Waals surface area (Å²) in [6, 6.07) is 3.71. The van der Waals surface area contributed by atoms with Crippen LogP contribution in [0, 0.1) is 3.57 Å². The molecule has 0 atom stereocenters. The minimum absolute atomic E-state index is 0.530. The predicted octanol–water partition coefficient (Wildman–Crippen LogP) is 2.90. The normalized spacial score (nSPS) is 11.4. The average Bonchev–Trinajstić information content (AvgIpc) is 1.94. The van der Waals surface area contributed by atoms with Crippen molar-refractivity contribution in [2.24, 2.45) is 0 Å². The maximum Gasteiger partial charge on any atom is 0.573 e. The van der Waals surface area contributed by atoms with Gasteiger partial charge in [-0.15, -0.1) is 13.2 Å². The molecule has 0 aliphatic heterocycles. The van der Waals surface area contributed by atoms with Crippen LogP contribution in [0.5, 0.6) is 11.5 Å². The summed E-state index contributed by atoms with van der Waals surface area (Å²) in [6.45, 7) is 0. The van der Waals surface area contributed by atoms with Gasteiger partial charge in [-0.25, -0.2) is 0 Å². The van der Waals surface area contributed by atoms with Gasteiger partial charge in [0.25, 0.3) is 0 Å². The number of rotatable bonds is 1. The lowest BCUT2D eigenvalue weighted by atomic mass is 10.3. The molecule has 2 nitrogen and oxygen atoms in total. The number of halogens is 4. The molecule has 0 radical (unpaired) electrons. The maximum absolute atomic E-state index is 11.7. The molecule has 0 unspecified atom stereocenters. The Morgan fingerprint density at radius 3 is 2.46 bits per heavy atom. The molecular formula is C7H4F3IO2. The number of hydrogen-bond donors (Lipinski definition) is 1. The SMILES string of the molecule is Oc1ccc(I)cc1OC(F)(F)F. The van der Waals surface area contributed by atoms with Crippen LogP contribution in [0.4, 0.5) is 13.2 Å². The van der Waals surface area contributed by atoms with Gasteiger partial charge in [0.2, 0.25) is 0 Å². The molecule has 1 rings (SSSR count). The van der Waals surface area contributed by atoms with Crippen molar-refractivity contribution >= 4 is 22.6 Å². The number of ether oxygens (including phenoxy) is 1. The largest absolute Gasteiger partial charge is 0.573 e. The van der Waals surface area contributed by atoms with Crippen molar-refractivity contribution in [1.29, 1.82) is 0 Å². The lowest BCUT2D eigenvalue weighted by molar-refractivity contribution is -0.275. The van der Waals surface area contributed by atoms with Gasteiger partial charge in [0.05, 0.1) is 0 Å². The van der Waals surface area contributed by atoms with Crippen molar-refractivity contribution < 1.29 is 23.0 Å². The first-order valence-corrected chi connectivity index (χ1v) is 4.20. The van der Waals surface area contributed by atoms with Crippen LogP contribution in [0.15, 0.2) is 18.2 Å². The molecule has 0 bridgehead atoms. The Morgan fingerprint density at radius 1 is 1.31 bits per heavy atom. The van der Waals surface area contributed by atoms with Gasteiger partial charge in [0.15, 0.2) is 11.5 Å². The van der Waals surface area contributed by atoms with Crippen LogP contribution in [0.25, 0.3) is 0 Å². The first kappa shape index (κ1) is 10.4. The number of hydrogen-bond acceptors (Lipinski definition) is 2. The minimum Gasteiger partial charge on any atom is -0.504 e. The molecule has 13 heavy (non-hydrogen) atoms. The zero-order valence-electron chi connectivity index (χ0n) is 6.10. The lowest BCUT2D eigenvalue weighted by Gasteiger charge is -2.09. The summed E-state index contributed by atoms with van der Waals surface area (Å²) in [5, 5.41) is 8.97. The number of phenols is 1. The van der Waals surface area contributed by atoms with Crippen molar-refractivity contribution in [3.8, 4) is 11.5 Å². The van der Waals surface area contributed by atoms with E-state index in [1.165, 1.54) is 6.07 Å². The van der Waals surface area contributed by atoms with Gasteiger partial charge in [-0.3, -0.25) is 0 Å². The van der Waals surface area contributed by atoms with Gasteiger partial charge < -0.3 is 9.84 Å². The first-order chi connectivity index (χ1) is 5.88. The third-order valence-electron chi connectivity index (χ3n) is 1.15. The molecule has 6 heteroatoms. The summed E-state index contributed by atoms with van der Waals surface area (Å²) in [7, 11) is 0. The molecule has 1 aromatic carbocycles. The first-order valence-electron chi connectivity index (χ1n) is 3.13. The fourth-order valence-corrected chi connectivity index (χ4v) is 1.16. The number of alkyl halides is 3. The molecule has 0 aliphatic carbocycles. The summed E-state index contributed by atoms with van der Waals surface area (Å²) >= 11 is 1.82. The second-order valence-corrected chi connectivity index (χ2v) is 3.41. The molecule has 1 aromatic rings. The molecule has 0 aromatic heterocycles. The Balaban J connectivity index is 2.94. The standard InChI is InChI=1S/C7H4F3IO2/c8-7(9,10)13-6-3-4(11)1-2-5(6)12/h1-3,12H. The van der Waals surface area contributed by atoms with Gasteiger partial charge in [-0.1, -0.05) is 0 Å². The monoisotopic (exact) mass is 304 g/mol. The highest BCUT2D eigenvalue weighted by atomic mass is 127. The van der Waals surface area contributed by atoms with Crippen molar-refractivity contribution in [2.45, 2.75) is 6.36 Å². The second kappa shape index (κ2) is 3.60. The molecule has 0 aliphatic rings. The van der Waals surface area contributed by atoms with Crippen LogP contribution in [0.2, 0.25) is 0 Å². The van der Waals surface area contributed by atoms with Crippen molar-refractivity contribution in [2.75, 3.05) is 0 Å². The Labute approximate surface area is 85.5 Å². The summed E-state index contributed by atoms with van der Waals surface area (Å²) in [6.07, 6.45) is -4.78. The highest BCUT2D eigenvalue weighted by Crippen LogP contribution is 2.32. The fraction of sp³-hybridized carbons (Fsp3) is 0.143. The van der Waals surface area contributed by atoms with Crippen molar-refractivity contribution in [1.82, 2.24) is 0 Å². The summed E-state index contributed by atoms with van der Waals surface area (Å²) < 4.78 is 39.3. The summed E-state index contributed by atoms with van der Waals surface area (Å²) in [5.74, 6) is -1.11. The van der Waals surface area contributed by atoms with E-state index in [0.717, 1.165) is 12.1 Å². The van der Waals surface area contributed by atoms with E-state index in [1.807, 2.05) is 22.6 Å². The molecule has 72 valence electrons. The smallest absolute Gasteiger partial charge is 0.504 e. The van der Waals surface area contributed by atoms with E-state index in [-0.39, 0.29) is 0 Å². The van der Waals surface area contributed by atoms with Crippen LogP contribution < -0.4 is 4.74 Å². The molecule has 1 N–H and O–H groups in total. The van der Waals surface area contributed by atoms with Crippen LogP contribution in [-0.4, -0.2) is 11.5 Å². The van der Waals surface area contributed by atoms with E-state index in [2.05, 4.69) is 4.74 Å². The van der Waals surface area contributed by atoms with Gasteiger partial charge in [0, 0.05) is 3.57 Å². The minimum atomic E-state index is -4.78. The molecule has 0 saturated carbocycles. The van der Waals surface area contributed by atoms with Crippen LogP contribution >= 0.6 is 22.6 Å². The van der Waals surface area contributed by atoms with E-state index in [0.29, 0.717) is 3.57 Å². The van der Waals surface area contributed by atoms with Gasteiger partial charge in [-0.05, 0) is 40.8 Å². The maximum atomic E-state index is 11.7. The van der Waals surface area contributed by atoms with Gasteiger partial charge in [0.1, 0.15) is 0 Å². The molecule has 0 saturated heterocycles. The number of aromatic hydroxyl groups is 1. The van der Waals surface area contributed by atoms with E-state index in [1.54, 1.807) is 0 Å². The Hall–Kier alpha value is -0.660. The van der Waals surface area contributed by atoms with E-state index in [4.69, 9.17) is 5.11 Å². The average molecular weight is 304 g/mol. The van der Waals surface area contributed by atoms with Crippen molar-refractivity contribution in [3.63, 3.8) is 0 Å². The third kappa shape index (κ3) is 3.29. The number of phenolic OH excluding ortho intramolecular Hbond substituents is 1. The molecule has 0 amide bonds. The second-order valence-electron chi connectivity index (χ2n) is 2.16. The zero-order valence-corrected chi connectivity index (χ0v) is 8.26. The molecule has 0 fully saturated rings. The molecular weight excluding hydrogens is 300 g/mol. The quantitative estimate of drug-likeness (QED) is 0.808. The Bertz CT molecular complexity index is 311. The topological polar surface area (TPSA) is 29.5 Å². The zero-order chi connectivity index (χ0) is 10.1. The highest BCUT2D eigenvalue weighted by Gasteiger charge is 2.32. The third-order valence-corrected chi connectivity index (χ3v) is 1.82. The summed E-state index contributed by atoms with van der Waals surface area (Å²) in [5.41, 5.74) is 0. The molecule has 0 heterocycles. The Kier molecular flexibility index (Phi) is 2.89. The fourth-order valence-electron chi connectivity index (χ4n) is 0.694. The van der Waals surface area contributed by atoms with E-state index in [9.17, 15) is 13.2 Å². The predicted molar refractivity (Wildman–Crippen MR) is 47.5 cm³/mol. The van der Waals surface area contributed by atoms with Crippen LogP contribution in [0.3, 0.4) is 0 Å². The van der Waals surface area contributed by atoms with Crippen molar-refractivity contribution in [3.05, 3.63) is 21.8 Å². The molecule has 0 spiro atoms. The van der Waals surface area contributed by atoms with Gasteiger partial charge >= 0.3 is 6.36 Å². The Morgan fingerprint density at radius 2 is 1.92 bits per heavy atom. The van der Waals surface area contributed by atoms with Crippen LogP contribution in [-0.2, 0) is 0 Å². The highest BCUT2D eigenvalue weighted by molar-refractivity contribution is 14.1. The number of benzene rings is 1. The summed E-state index contributed by atoms with van der Waals surface area (Å²) in [4.78, 5) is 0. The lowest BCUT2D eigenvalue weighted by Crippen LogP contribution is -2.17. The van der Waals surface area contributed by atoms with Gasteiger partial charge in [-0.2, -0.15) is 0 Å².